The molecule has 0 heterocycles. The van der Waals surface area contributed by atoms with Gasteiger partial charge in [-0.05, 0) is 33.1 Å². The van der Waals surface area contributed by atoms with Gasteiger partial charge < -0.3 is 4.74 Å². The van der Waals surface area contributed by atoms with Crippen LogP contribution in [0.2, 0.25) is 0 Å². The summed E-state index contributed by atoms with van der Waals surface area (Å²) in [6, 6.07) is 0. The van der Waals surface area contributed by atoms with Crippen LogP contribution in [-0.4, -0.2) is 5.97 Å². The van der Waals surface area contributed by atoms with Gasteiger partial charge in [0.1, 0.15) is 6.11 Å². The molecule has 0 aromatic rings. The van der Waals surface area contributed by atoms with Crippen molar-refractivity contribution in [2.24, 2.45) is 5.41 Å². The second kappa shape index (κ2) is 5.27. The molecule has 0 rings (SSSR count). The summed E-state index contributed by atoms with van der Waals surface area (Å²) >= 11 is 0. The molecule has 0 aliphatic carbocycles. The van der Waals surface area contributed by atoms with E-state index in [-0.39, 0.29) is 5.97 Å². The third kappa shape index (κ3) is 4.23. The minimum Gasteiger partial charge on any atom is -0.371 e. The van der Waals surface area contributed by atoms with Crippen LogP contribution >= 0.6 is 0 Å². The van der Waals surface area contributed by atoms with E-state index in [4.69, 9.17) is 4.74 Å². The molecule has 0 spiro atoms. The summed E-state index contributed by atoms with van der Waals surface area (Å²) in [6.45, 7) is 7.25. The highest BCUT2D eigenvalue weighted by molar-refractivity contribution is 5.76. The molecule has 70 valence electrons. The van der Waals surface area contributed by atoms with Gasteiger partial charge in [0.25, 0.3) is 0 Å². The van der Waals surface area contributed by atoms with E-state index >= 15 is 0 Å². The molecule has 0 unspecified atom stereocenters. The Morgan fingerprint density at radius 1 is 1.38 bits per heavy atom. The molecule has 0 N–H and O–H groups in total. The number of esters is 1. The molecule has 0 aromatic carbocycles. The van der Waals surface area contributed by atoms with Crippen LogP contribution in [0.15, 0.2) is 0 Å². The molecule has 2 nitrogen and oxygen atoms in total. The van der Waals surface area contributed by atoms with Crippen LogP contribution in [0.5, 0.6) is 0 Å². The van der Waals surface area contributed by atoms with Gasteiger partial charge in [0.15, 0.2) is 0 Å². The van der Waals surface area contributed by atoms with Crippen molar-refractivity contribution in [1.29, 1.82) is 0 Å². The van der Waals surface area contributed by atoms with Crippen LogP contribution in [0.3, 0.4) is 0 Å². The zero-order valence-corrected chi connectivity index (χ0v) is 8.52. The van der Waals surface area contributed by atoms with Crippen LogP contribution in [0, 0.1) is 29.3 Å². The highest BCUT2D eigenvalue weighted by Crippen LogP contribution is 2.20. The van der Waals surface area contributed by atoms with Crippen LogP contribution in [0.4, 0.5) is 0 Å². The normalized spacial score (nSPS) is 8.92. The van der Waals surface area contributed by atoms with Crippen LogP contribution in [-0.2, 0) is 9.53 Å². The van der Waals surface area contributed by atoms with Gasteiger partial charge >= 0.3 is 5.97 Å². The third-order valence-electron chi connectivity index (χ3n) is 1.82. The van der Waals surface area contributed by atoms with E-state index in [9.17, 15) is 4.79 Å². The van der Waals surface area contributed by atoms with E-state index in [2.05, 4.69) is 23.9 Å². The number of carbonyl (C=O) groups is 1. The van der Waals surface area contributed by atoms with Crippen molar-refractivity contribution < 1.29 is 9.53 Å². The van der Waals surface area contributed by atoms with Crippen LogP contribution in [0.1, 0.15) is 34.1 Å². The molecule has 0 saturated heterocycles. The summed E-state index contributed by atoms with van der Waals surface area (Å²) in [5, 5.41) is 0. The number of carbonyl (C=O) groups excluding carboxylic acids is 1. The highest BCUT2D eigenvalue weighted by atomic mass is 16.5. The van der Waals surface area contributed by atoms with E-state index in [1.54, 1.807) is 6.92 Å². The molecule has 0 fully saturated rings. The van der Waals surface area contributed by atoms with Crippen molar-refractivity contribution in [2.75, 3.05) is 0 Å². The zero-order valence-electron chi connectivity index (χ0n) is 8.52. The summed E-state index contributed by atoms with van der Waals surface area (Å²) in [5.74, 6) is 7.17. The zero-order chi connectivity index (χ0) is 10.3. The average molecular weight is 178 g/mol. The van der Waals surface area contributed by atoms with Gasteiger partial charge in [-0.25, -0.2) is 0 Å². The lowest BCUT2D eigenvalue weighted by Gasteiger charge is -2.17. The molecule has 0 atom stereocenters. The van der Waals surface area contributed by atoms with Gasteiger partial charge in [0.05, 0.1) is 5.41 Å². The molecule has 2 heteroatoms. The van der Waals surface area contributed by atoms with E-state index < -0.39 is 5.41 Å². The van der Waals surface area contributed by atoms with E-state index in [1.165, 1.54) is 0 Å². The predicted molar refractivity (Wildman–Crippen MR) is 51.4 cm³/mol. The second-order valence-electron chi connectivity index (χ2n) is 3.23. The first-order valence-corrected chi connectivity index (χ1v) is 4.17. The first kappa shape index (κ1) is 11.6. The SMILES string of the molecule is CC#CC#COC(=O)C(C)(C)CC. The van der Waals surface area contributed by atoms with Crippen molar-refractivity contribution in [3.63, 3.8) is 0 Å². The molecule has 0 aromatic heterocycles. The van der Waals surface area contributed by atoms with Crippen molar-refractivity contribution in [3.05, 3.63) is 0 Å². The van der Waals surface area contributed by atoms with E-state index in [1.807, 2.05) is 20.8 Å². The largest absolute Gasteiger partial charge is 0.371 e. The van der Waals surface area contributed by atoms with Gasteiger partial charge in [-0.1, -0.05) is 12.8 Å². The first-order chi connectivity index (χ1) is 6.04. The Morgan fingerprint density at radius 3 is 2.46 bits per heavy atom. The van der Waals surface area contributed by atoms with E-state index in [0.29, 0.717) is 0 Å². The monoisotopic (exact) mass is 178 g/mol. The maximum absolute atomic E-state index is 11.3. The molecule has 0 aliphatic rings. The van der Waals surface area contributed by atoms with Crippen LogP contribution < -0.4 is 0 Å². The molecule has 13 heavy (non-hydrogen) atoms. The fourth-order valence-electron chi connectivity index (χ4n) is 0.442. The maximum Gasteiger partial charge on any atom is 0.325 e. The standard InChI is InChI=1S/C11H14O2/c1-5-7-8-9-13-10(12)11(3,4)6-2/h6H2,1-4H3. The molecule has 0 radical (unpaired) electrons. The lowest BCUT2D eigenvalue weighted by molar-refractivity contribution is -0.146. The Balaban J connectivity index is 4.17. The number of ether oxygens (including phenoxy) is 1. The average Bonchev–Trinajstić information content (AvgIpc) is 2.12. The van der Waals surface area contributed by atoms with Crippen LogP contribution in [0.25, 0.3) is 0 Å². The maximum atomic E-state index is 11.3. The fourth-order valence-corrected chi connectivity index (χ4v) is 0.442. The summed E-state index contributed by atoms with van der Waals surface area (Å²) in [7, 11) is 0. The topological polar surface area (TPSA) is 26.3 Å². The van der Waals surface area contributed by atoms with Gasteiger partial charge in [-0.15, -0.1) is 0 Å². The number of hydrogen-bond donors (Lipinski definition) is 0. The Kier molecular flexibility index (Phi) is 4.70. The molecule has 0 bridgehead atoms. The molecular weight excluding hydrogens is 164 g/mol. The lowest BCUT2D eigenvalue weighted by atomic mass is 9.91. The molecule has 0 amide bonds. The Bertz CT molecular complexity index is 292. The molecule has 0 saturated carbocycles. The lowest BCUT2D eigenvalue weighted by Crippen LogP contribution is -2.24. The van der Waals surface area contributed by atoms with Gasteiger partial charge in [-0.3, -0.25) is 4.79 Å². The van der Waals surface area contributed by atoms with Crippen molar-refractivity contribution in [3.8, 4) is 23.9 Å². The molecule has 0 aliphatic heterocycles. The van der Waals surface area contributed by atoms with Gasteiger partial charge in [-0.2, -0.15) is 0 Å². The Morgan fingerprint density at radius 2 is 2.00 bits per heavy atom. The number of hydrogen-bond acceptors (Lipinski definition) is 2. The Labute approximate surface area is 79.7 Å². The fraction of sp³-hybridized carbons (Fsp3) is 0.545. The predicted octanol–water partition coefficient (Wildman–Crippen LogP) is 1.95. The summed E-state index contributed by atoms with van der Waals surface area (Å²) in [5.41, 5.74) is -0.464. The van der Waals surface area contributed by atoms with Crippen molar-refractivity contribution in [2.45, 2.75) is 34.1 Å². The summed E-state index contributed by atoms with van der Waals surface area (Å²) in [6.07, 6.45) is 2.98. The quantitative estimate of drug-likeness (QED) is 0.477. The van der Waals surface area contributed by atoms with Crippen molar-refractivity contribution in [1.82, 2.24) is 0 Å². The summed E-state index contributed by atoms with van der Waals surface area (Å²) < 4.78 is 4.70. The minimum absolute atomic E-state index is 0.305. The van der Waals surface area contributed by atoms with E-state index in [0.717, 1.165) is 6.42 Å². The molecular formula is C11H14O2. The minimum atomic E-state index is -0.464. The number of rotatable bonds is 2. The Hall–Kier alpha value is -1.41. The highest BCUT2D eigenvalue weighted by Gasteiger charge is 2.26. The second-order valence-corrected chi connectivity index (χ2v) is 3.23. The summed E-state index contributed by atoms with van der Waals surface area (Å²) in [4.78, 5) is 11.3. The van der Waals surface area contributed by atoms with Gasteiger partial charge in [0.2, 0.25) is 0 Å². The van der Waals surface area contributed by atoms with Crippen molar-refractivity contribution >= 4 is 5.97 Å². The third-order valence-corrected chi connectivity index (χ3v) is 1.82. The van der Waals surface area contributed by atoms with Gasteiger partial charge in [0, 0.05) is 5.92 Å². The first-order valence-electron chi connectivity index (χ1n) is 4.17. The smallest absolute Gasteiger partial charge is 0.325 e.